The Kier molecular flexibility index (Phi) is 6.62. The third kappa shape index (κ3) is 5.35. The van der Waals surface area contributed by atoms with E-state index in [4.69, 9.17) is 4.74 Å². The predicted molar refractivity (Wildman–Crippen MR) is 104 cm³/mol. The monoisotopic (exact) mass is 370 g/mol. The molecule has 8 heteroatoms. The Bertz CT molecular complexity index is 853. The summed E-state index contributed by atoms with van der Waals surface area (Å²) in [5, 5.41) is 10.9. The quantitative estimate of drug-likeness (QED) is 0.403. The van der Waals surface area contributed by atoms with Crippen LogP contribution in [-0.4, -0.2) is 52.1 Å². The van der Waals surface area contributed by atoms with E-state index < -0.39 is 4.92 Å². The highest BCUT2D eigenvalue weighted by atomic mass is 16.6. The van der Waals surface area contributed by atoms with Gasteiger partial charge in [-0.1, -0.05) is 18.7 Å². The van der Waals surface area contributed by atoms with Crippen LogP contribution in [-0.2, 0) is 4.74 Å². The standard InChI is InChI=1S/C19H22N4O4/c1-5-22-17(20-12-18(22)23(25)26)11-8-15-6-9-16(10-7-15)19(24)27-14(2)13-21(3)4/h5-12,14H,1,13H2,2-4H3/b11-8+. The largest absolute Gasteiger partial charge is 0.458 e. The second kappa shape index (κ2) is 8.91. The molecule has 2 aromatic rings. The molecule has 142 valence electrons. The molecule has 2 rings (SSSR count). The number of aromatic nitrogens is 2. The lowest BCUT2D eigenvalue weighted by Gasteiger charge is -2.17. The number of esters is 1. The van der Waals surface area contributed by atoms with Gasteiger partial charge in [0.05, 0.1) is 11.8 Å². The summed E-state index contributed by atoms with van der Waals surface area (Å²) >= 11 is 0. The Morgan fingerprint density at radius 3 is 2.59 bits per heavy atom. The fourth-order valence-corrected chi connectivity index (χ4v) is 2.51. The minimum absolute atomic E-state index is 0.158. The van der Waals surface area contributed by atoms with Crippen molar-refractivity contribution >= 4 is 30.1 Å². The molecule has 0 bridgehead atoms. The molecule has 27 heavy (non-hydrogen) atoms. The number of imidazole rings is 1. The molecular formula is C19H22N4O4. The highest BCUT2D eigenvalue weighted by Gasteiger charge is 2.16. The number of carbonyl (C=O) groups is 1. The number of ether oxygens (including phenoxy) is 1. The summed E-state index contributed by atoms with van der Waals surface area (Å²) in [5.41, 5.74) is 1.27. The van der Waals surface area contributed by atoms with Crippen molar-refractivity contribution in [1.29, 1.82) is 0 Å². The molecule has 1 aromatic heterocycles. The van der Waals surface area contributed by atoms with Crippen molar-refractivity contribution in [1.82, 2.24) is 14.5 Å². The number of carbonyl (C=O) groups excluding carboxylic acids is 1. The summed E-state index contributed by atoms with van der Waals surface area (Å²) < 4.78 is 6.67. The molecule has 0 aliphatic heterocycles. The van der Waals surface area contributed by atoms with Gasteiger partial charge in [0, 0.05) is 12.6 Å². The van der Waals surface area contributed by atoms with E-state index in [9.17, 15) is 14.9 Å². The molecule has 0 amide bonds. The van der Waals surface area contributed by atoms with Crippen molar-refractivity contribution in [2.45, 2.75) is 13.0 Å². The van der Waals surface area contributed by atoms with E-state index in [1.165, 1.54) is 17.0 Å². The maximum absolute atomic E-state index is 12.1. The molecule has 8 nitrogen and oxygen atoms in total. The van der Waals surface area contributed by atoms with Gasteiger partial charge in [-0.2, -0.15) is 4.57 Å². The third-order valence-corrected chi connectivity index (χ3v) is 3.68. The molecular weight excluding hydrogens is 348 g/mol. The second-order valence-corrected chi connectivity index (χ2v) is 6.22. The van der Waals surface area contributed by atoms with E-state index in [1.807, 2.05) is 25.9 Å². The van der Waals surface area contributed by atoms with Crippen LogP contribution in [0.5, 0.6) is 0 Å². The van der Waals surface area contributed by atoms with Gasteiger partial charge in [0.25, 0.3) is 0 Å². The molecule has 0 spiro atoms. The number of nitro groups is 1. The molecule has 1 unspecified atom stereocenters. The SMILES string of the molecule is C=Cn1c([N+](=O)[O-])cnc1/C=C/c1ccc(C(=O)OC(C)CN(C)C)cc1. The lowest BCUT2D eigenvalue weighted by atomic mass is 10.1. The molecule has 0 fully saturated rings. The maximum atomic E-state index is 12.1. The number of hydrogen-bond acceptors (Lipinski definition) is 6. The molecule has 0 radical (unpaired) electrons. The van der Waals surface area contributed by atoms with Crippen LogP contribution in [0.2, 0.25) is 0 Å². The van der Waals surface area contributed by atoms with Gasteiger partial charge in [-0.15, -0.1) is 0 Å². The summed E-state index contributed by atoms with van der Waals surface area (Å²) in [6.45, 7) is 6.06. The van der Waals surface area contributed by atoms with E-state index in [0.717, 1.165) is 5.56 Å². The normalized spacial score (nSPS) is 12.3. The van der Waals surface area contributed by atoms with E-state index >= 15 is 0 Å². The molecule has 1 heterocycles. The first-order valence-electron chi connectivity index (χ1n) is 8.30. The van der Waals surface area contributed by atoms with E-state index in [2.05, 4.69) is 11.6 Å². The van der Waals surface area contributed by atoms with Gasteiger partial charge in [-0.25, -0.2) is 9.78 Å². The van der Waals surface area contributed by atoms with Crippen LogP contribution < -0.4 is 0 Å². The van der Waals surface area contributed by atoms with Gasteiger partial charge in [0.1, 0.15) is 12.3 Å². The predicted octanol–water partition coefficient (Wildman–Crippen LogP) is 3.17. The Morgan fingerprint density at radius 2 is 2.04 bits per heavy atom. The van der Waals surface area contributed by atoms with Crippen LogP contribution in [0.15, 0.2) is 37.0 Å². The summed E-state index contributed by atoms with van der Waals surface area (Å²) in [6, 6.07) is 6.87. The highest BCUT2D eigenvalue weighted by Crippen LogP contribution is 2.17. The van der Waals surface area contributed by atoms with Gasteiger partial charge in [0.15, 0.2) is 0 Å². The van der Waals surface area contributed by atoms with Crippen LogP contribution in [0.3, 0.4) is 0 Å². The van der Waals surface area contributed by atoms with Crippen LogP contribution in [0.1, 0.15) is 28.7 Å². The summed E-state index contributed by atoms with van der Waals surface area (Å²) in [7, 11) is 3.83. The number of rotatable bonds is 8. The topological polar surface area (TPSA) is 90.5 Å². The number of hydrogen-bond donors (Lipinski definition) is 0. The van der Waals surface area contributed by atoms with Crippen molar-refractivity contribution in [2.24, 2.45) is 0 Å². The molecule has 1 atom stereocenters. The summed E-state index contributed by atoms with van der Waals surface area (Å²) in [6.07, 6.45) is 5.69. The first-order chi connectivity index (χ1) is 12.8. The van der Waals surface area contributed by atoms with E-state index in [1.54, 1.807) is 36.4 Å². The fraction of sp³-hybridized carbons (Fsp3) is 0.263. The molecule has 0 aliphatic carbocycles. The van der Waals surface area contributed by atoms with Crippen LogP contribution in [0.25, 0.3) is 18.4 Å². The molecule has 0 N–H and O–H groups in total. The smallest absolute Gasteiger partial charge is 0.347 e. The zero-order valence-electron chi connectivity index (χ0n) is 15.5. The maximum Gasteiger partial charge on any atom is 0.347 e. The van der Waals surface area contributed by atoms with Crippen LogP contribution in [0.4, 0.5) is 5.82 Å². The molecule has 0 saturated carbocycles. The van der Waals surface area contributed by atoms with Gasteiger partial charge in [0.2, 0.25) is 5.82 Å². The summed E-state index contributed by atoms with van der Waals surface area (Å²) in [4.78, 5) is 28.5. The van der Waals surface area contributed by atoms with E-state index in [-0.39, 0.29) is 17.9 Å². The fourth-order valence-electron chi connectivity index (χ4n) is 2.51. The van der Waals surface area contributed by atoms with Crippen LogP contribution in [0, 0.1) is 10.1 Å². The van der Waals surface area contributed by atoms with Gasteiger partial charge >= 0.3 is 11.8 Å². The summed E-state index contributed by atoms with van der Waals surface area (Å²) in [5.74, 6) is -0.148. The Morgan fingerprint density at radius 1 is 1.37 bits per heavy atom. The van der Waals surface area contributed by atoms with Gasteiger partial charge in [-0.3, -0.25) is 0 Å². The zero-order chi connectivity index (χ0) is 20.0. The average Bonchev–Trinajstić information content (AvgIpc) is 3.02. The molecule has 0 aliphatic rings. The van der Waals surface area contributed by atoms with Crippen LogP contribution >= 0.6 is 0 Å². The van der Waals surface area contributed by atoms with Gasteiger partial charge < -0.3 is 19.8 Å². The first-order valence-corrected chi connectivity index (χ1v) is 8.30. The van der Waals surface area contributed by atoms with Crippen molar-refractivity contribution in [3.63, 3.8) is 0 Å². The number of benzene rings is 1. The van der Waals surface area contributed by atoms with Crippen molar-refractivity contribution < 1.29 is 14.5 Å². The van der Waals surface area contributed by atoms with E-state index in [0.29, 0.717) is 17.9 Å². The third-order valence-electron chi connectivity index (χ3n) is 3.68. The van der Waals surface area contributed by atoms with Crippen molar-refractivity contribution in [2.75, 3.05) is 20.6 Å². The Balaban J connectivity index is 2.07. The molecule has 0 saturated heterocycles. The molecule has 1 aromatic carbocycles. The van der Waals surface area contributed by atoms with Gasteiger partial charge in [-0.05, 0) is 49.7 Å². The minimum Gasteiger partial charge on any atom is -0.458 e. The number of likely N-dealkylation sites (N-methyl/N-ethyl adjacent to an activating group) is 1. The van der Waals surface area contributed by atoms with Crippen molar-refractivity contribution in [3.05, 3.63) is 64.1 Å². The first kappa shape index (κ1) is 20.1. The highest BCUT2D eigenvalue weighted by molar-refractivity contribution is 5.89. The average molecular weight is 370 g/mol. The Labute approximate surface area is 157 Å². The second-order valence-electron chi connectivity index (χ2n) is 6.22. The lowest BCUT2D eigenvalue weighted by molar-refractivity contribution is -0.390. The minimum atomic E-state index is -0.524. The zero-order valence-corrected chi connectivity index (χ0v) is 15.5. The van der Waals surface area contributed by atoms with Crippen molar-refractivity contribution in [3.8, 4) is 0 Å². The lowest BCUT2D eigenvalue weighted by Crippen LogP contribution is -2.28. The number of nitrogens with zero attached hydrogens (tertiary/aromatic N) is 4. The Hall–Kier alpha value is -3.26.